The molecule has 0 spiro atoms. The molecule has 2 rings (SSSR count). The van der Waals surface area contributed by atoms with Crippen LogP contribution in [0.2, 0.25) is 0 Å². The molecule has 0 radical (unpaired) electrons. The highest BCUT2D eigenvalue weighted by Crippen LogP contribution is 2.24. The molecular formula is C16H15F2NO2. The van der Waals surface area contributed by atoms with Gasteiger partial charge in [0.2, 0.25) is 0 Å². The molecule has 2 aromatic rings. The number of pyridine rings is 1. The lowest BCUT2D eigenvalue weighted by Gasteiger charge is -2.09. The quantitative estimate of drug-likeness (QED) is 0.805. The van der Waals surface area contributed by atoms with Crippen molar-refractivity contribution in [3.05, 3.63) is 53.2 Å². The van der Waals surface area contributed by atoms with E-state index in [1.54, 1.807) is 6.92 Å². The number of ether oxygens (including phenoxy) is 1. The summed E-state index contributed by atoms with van der Waals surface area (Å²) in [5.74, 6) is -2.34. The van der Waals surface area contributed by atoms with Crippen molar-refractivity contribution in [1.29, 1.82) is 0 Å². The molecule has 5 heteroatoms. The molecule has 0 amide bonds. The SMILES string of the molecule is CCOC(=O)c1ccc(-c2cccc(F)c2F)nc1CC. The summed E-state index contributed by atoms with van der Waals surface area (Å²) < 4.78 is 32.0. The minimum atomic E-state index is -0.948. The Labute approximate surface area is 121 Å². The Morgan fingerprint density at radius 3 is 2.62 bits per heavy atom. The number of aromatic nitrogens is 1. The Kier molecular flexibility index (Phi) is 4.62. The van der Waals surface area contributed by atoms with Gasteiger partial charge in [-0.05, 0) is 37.6 Å². The van der Waals surface area contributed by atoms with Gasteiger partial charge in [-0.2, -0.15) is 0 Å². The number of benzene rings is 1. The van der Waals surface area contributed by atoms with Gasteiger partial charge in [-0.3, -0.25) is 4.98 Å². The van der Waals surface area contributed by atoms with Crippen molar-refractivity contribution < 1.29 is 18.3 Å². The number of nitrogens with zero attached hydrogens (tertiary/aromatic N) is 1. The van der Waals surface area contributed by atoms with Crippen LogP contribution in [0.25, 0.3) is 11.3 Å². The van der Waals surface area contributed by atoms with Gasteiger partial charge in [0.05, 0.1) is 23.6 Å². The first-order chi connectivity index (χ1) is 10.1. The Morgan fingerprint density at radius 1 is 1.19 bits per heavy atom. The molecule has 3 nitrogen and oxygen atoms in total. The van der Waals surface area contributed by atoms with E-state index >= 15 is 0 Å². The van der Waals surface area contributed by atoms with Crippen LogP contribution in [0.4, 0.5) is 8.78 Å². The number of rotatable bonds is 4. The first-order valence-corrected chi connectivity index (χ1v) is 6.69. The molecule has 1 aromatic heterocycles. The molecule has 0 aliphatic carbocycles. The maximum atomic E-state index is 13.8. The molecule has 1 aromatic carbocycles. The van der Waals surface area contributed by atoms with Crippen molar-refractivity contribution in [3.8, 4) is 11.3 Å². The Balaban J connectivity index is 2.48. The van der Waals surface area contributed by atoms with Crippen molar-refractivity contribution in [2.24, 2.45) is 0 Å². The zero-order valence-corrected chi connectivity index (χ0v) is 11.8. The summed E-state index contributed by atoms with van der Waals surface area (Å²) in [6.07, 6.45) is 0.485. The highest BCUT2D eigenvalue weighted by atomic mass is 19.2. The van der Waals surface area contributed by atoms with E-state index in [0.717, 1.165) is 6.07 Å². The molecule has 110 valence electrons. The van der Waals surface area contributed by atoms with E-state index in [-0.39, 0.29) is 17.9 Å². The molecule has 0 N–H and O–H groups in total. The monoisotopic (exact) mass is 291 g/mol. The molecule has 0 saturated heterocycles. The van der Waals surface area contributed by atoms with E-state index in [0.29, 0.717) is 17.7 Å². The fourth-order valence-electron chi connectivity index (χ4n) is 2.02. The highest BCUT2D eigenvalue weighted by Gasteiger charge is 2.16. The molecule has 21 heavy (non-hydrogen) atoms. The summed E-state index contributed by atoms with van der Waals surface area (Å²) in [7, 11) is 0. The van der Waals surface area contributed by atoms with E-state index in [9.17, 15) is 13.6 Å². The summed E-state index contributed by atoms with van der Waals surface area (Å²) in [6.45, 7) is 3.81. The first-order valence-electron chi connectivity index (χ1n) is 6.69. The second kappa shape index (κ2) is 6.43. The summed E-state index contributed by atoms with van der Waals surface area (Å²) in [4.78, 5) is 16.1. The molecule has 0 aliphatic rings. The average molecular weight is 291 g/mol. The average Bonchev–Trinajstić information content (AvgIpc) is 2.49. The number of halogens is 2. The predicted molar refractivity (Wildman–Crippen MR) is 74.9 cm³/mol. The first kappa shape index (κ1) is 15.1. The summed E-state index contributed by atoms with van der Waals surface area (Å²) in [6, 6.07) is 6.93. The van der Waals surface area contributed by atoms with Gasteiger partial charge in [-0.1, -0.05) is 13.0 Å². The predicted octanol–water partition coefficient (Wildman–Crippen LogP) is 3.77. The van der Waals surface area contributed by atoms with Crippen molar-refractivity contribution in [1.82, 2.24) is 4.98 Å². The number of hydrogen-bond donors (Lipinski definition) is 0. The van der Waals surface area contributed by atoms with Crippen LogP contribution in [0.3, 0.4) is 0 Å². The molecule has 0 unspecified atom stereocenters. The molecule has 0 bridgehead atoms. The molecule has 0 atom stereocenters. The second-order valence-corrected chi connectivity index (χ2v) is 4.37. The molecular weight excluding hydrogens is 276 g/mol. The van der Waals surface area contributed by atoms with Crippen LogP contribution in [0.1, 0.15) is 29.9 Å². The van der Waals surface area contributed by atoms with Crippen molar-refractivity contribution in [3.63, 3.8) is 0 Å². The Morgan fingerprint density at radius 2 is 1.95 bits per heavy atom. The van der Waals surface area contributed by atoms with Crippen molar-refractivity contribution in [2.75, 3.05) is 6.61 Å². The summed E-state index contributed by atoms with van der Waals surface area (Å²) >= 11 is 0. The third-order valence-electron chi connectivity index (χ3n) is 3.03. The van der Waals surface area contributed by atoms with Gasteiger partial charge in [0.15, 0.2) is 11.6 Å². The zero-order chi connectivity index (χ0) is 15.4. The third kappa shape index (κ3) is 3.07. The second-order valence-electron chi connectivity index (χ2n) is 4.37. The van der Waals surface area contributed by atoms with Crippen LogP contribution in [0, 0.1) is 11.6 Å². The van der Waals surface area contributed by atoms with E-state index in [2.05, 4.69) is 4.98 Å². The molecule has 1 heterocycles. The van der Waals surface area contributed by atoms with Crippen LogP contribution in [-0.4, -0.2) is 17.6 Å². The van der Waals surface area contributed by atoms with E-state index in [4.69, 9.17) is 4.74 Å². The van der Waals surface area contributed by atoms with Crippen LogP contribution < -0.4 is 0 Å². The zero-order valence-electron chi connectivity index (χ0n) is 11.8. The largest absolute Gasteiger partial charge is 0.462 e. The van der Waals surface area contributed by atoms with Crippen molar-refractivity contribution >= 4 is 5.97 Å². The summed E-state index contributed by atoms with van der Waals surface area (Å²) in [5.41, 5.74) is 1.20. The minimum absolute atomic E-state index is 0.0695. The Hall–Kier alpha value is -2.30. The van der Waals surface area contributed by atoms with Crippen LogP contribution in [0.15, 0.2) is 30.3 Å². The van der Waals surface area contributed by atoms with Gasteiger partial charge in [-0.25, -0.2) is 13.6 Å². The number of aryl methyl sites for hydroxylation is 1. The van der Waals surface area contributed by atoms with Gasteiger partial charge in [0, 0.05) is 5.56 Å². The Bertz CT molecular complexity index is 671. The minimum Gasteiger partial charge on any atom is -0.462 e. The van der Waals surface area contributed by atoms with E-state index in [1.165, 1.54) is 24.3 Å². The van der Waals surface area contributed by atoms with E-state index in [1.807, 2.05) is 6.92 Å². The lowest BCUT2D eigenvalue weighted by atomic mass is 10.1. The number of esters is 1. The van der Waals surface area contributed by atoms with Crippen molar-refractivity contribution in [2.45, 2.75) is 20.3 Å². The van der Waals surface area contributed by atoms with Gasteiger partial charge in [-0.15, -0.1) is 0 Å². The van der Waals surface area contributed by atoms with E-state index < -0.39 is 17.6 Å². The lowest BCUT2D eigenvalue weighted by molar-refractivity contribution is 0.0524. The van der Waals surface area contributed by atoms with Gasteiger partial charge >= 0.3 is 5.97 Å². The number of hydrogen-bond acceptors (Lipinski definition) is 3. The maximum Gasteiger partial charge on any atom is 0.339 e. The number of carbonyl (C=O) groups is 1. The maximum absolute atomic E-state index is 13.8. The fraction of sp³-hybridized carbons (Fsp3) is 0.250. The topological polar surface area (TPSA) is 39.2 Å². The van der Waals surface area contributed by atoms with Gasteiger partial charge in [0.1, 0.15) is 0 Å². The third-order valence-corrected chi connectivity index (χ3v) is 3.03. The van der Waals surface area contributed by atoms with Crippen LogP contribution in [-0.2, 0) is 11.2 Å². The van der Waals surface area contributed by atoms with Gasteiger partial charge in [0.25, 0.3) is 0 Å². The normalized spacial score (nSPS) is 10.5. The molecule has 0 aliphatic heterocycles. The van der Waals surface area contributed by atoms with Crippen LogP contribution >= 0.6 is 0 Å². The van der Waals surface area contributed by atoms with Gasteiger partial charge < -0.3 is 4.74 Å². The molecule has 0 fully saturated rings. The number of carbonyl (C=O) groups excluding carboxylic acids is 1. The fourth-order valence-corrected chi connectivity index (χ4v) is 2.02. The highest BCUT2D eigenvalue weighted by molar-refractivity contribution is 5.91. The smallest absolute Gasteiger partial charge is 0.339 e. The summed E-state index contributed by atoms with van der Waals surface area (Å²) in [5, 5.41) is 0. The lowest BCUT2D eigenvalue weighted by Crippen LogP contribution is -2.10. The molecule has 0 saturated carbocycles. The van der Waals surface area contributed by atoms with Crippen LogP contribution in [0.5, 0.6) is 0 Å². The standard InChI is InChI=1S/C16H15F2NO2/c1-3-13-11(16(20)21-4-2)8-9-14(19-13)10-6-5-7-12(17)15(10)18/h5-9H,3-4H2,1-2H3.